The molecule has 78 valence electrons. The highest BCUT2D eigenvalue weighted by molar-refractivity contribution is 5.80. The Morgan fingerprint density at radius 2 is 1.86 bits per heavy atom. The second kappa shape index (κ2) is 5.82. The summed E-state index contributed by atoms with van der Waals surface area (Å²) < 4.78 is 5.28. The van der Waals surface area contributed by atoms with Crippen molar-refractivity contribution in [2.45, 2.75) is 39.7 Å². The molecule has 0 aromatic rings. The minimum Gasteiger partial charge on any atom is -0.379 e. The zero-order chi connectivity index (χ0) is 10.4. The SMILES string of the molecule is CCCCOC(C)C.c1cc2cc-2c1. The monoisotopic (exact) mass is 192 g/mol. The summed E-state index contributed by atoms with van der Waals surface area (Å²) in [6.07, 6.45) is 2.83. The smallest absolute Gasteiger partial charge is 0.0518 e. The zero-order valence-electron chi connectivity index (χ0n) is 9.42. The van der Waals surface area contributed by atoms with Crippen LogP contribution in [0.1, 0.15) is 33.6 Å². The molecule has 0 saturated carbocycles. The van der Waals surface area contributed by atoms with Crippen molar-refractivity contribution >= 4 is 0 Å². The molecule has 0 spiro atoms. The van der Waals surface area contributed by atoms with E-state index in [9.17, 15) is 0 Å². The molecular weight excluding hydrogens is 172 g/mol. The molecule has 2 rings (SSSR count). The third-order valence-corrected chi connectivity index (χ3v) is 2.06. The van der Waals surface area contributed by atoms with E-state index in [2.05, 4.69) is 45.0 Å². The Balaban J connectivity index is 0.000000143. The Morgan fingerprint density at radius 3 is 2.14 bits per heavy atom. The van der Waals surface area contributed by atoms with Gasteiger partial charge in [0.15, 0.2) is 0 Å². The van der Waals surface area contributed by atoms with Crippen LogP contribution in [0.3, 0.4) is 0 Å². The van der Waals surface area contributed by atoms with Gasteiger partial charge in [0.2, 0.25) is 0 Å². The quantitative estimate of drug-likeness (QED) is 0.668. The van der Waals surface area contributed by atoms with Gasteiger partial charge in [0.05, 0.1) is 6.10 Å². The van der Waals surface area contributed by atoms with Crippen molar-refractivity contribution in [3.8, 4) is 11.1 Å². The van der Waals surface area contributed by atoms with Crippen LogP contribution in [0.25, 0.3) is 11.1 Å². The fraction of sp³-hybridized carbons (Fsp3) is 0.538. The fourth-order valence-electron chi connectivity index (χ4n) is 1.14. The molecule has 0 aliphatic heterocycles. The number of rotatable bonds is 4. The Labute approximate surface area is 87.1 Å². The van der Waals surface area contributed by atoms with Crippen LogP contribution < -0.4 is 0 Å². The van der Waals surface area contributed by atoms with Gasteiger partial charge in [-0.3, -0.25) is 0 Å². The van der Waals surface area contributed by atoms with Crippen LogP contribution in [-0.2, 0) is 4.74 Å². The van der Waals surface area contributed by atoms with Gasteiger partial charge < -0.3 is 4.74 Å². The molecule has 0 bridgehead atoms. The molecule has 0 aromatic heterocycles. The van der Waals surface area contributed by atoms with E-state index < -0.39 is 0 Å². The average molecular weight is 192 g/mol. The van der Waals surface area contributed by atoms with Crippen LogP contribution in [0.4, 0.5) is 0 Å². The van der Waals surface area contributed by atoms with Crippen LogP contribution in [0.2, 0.25) is 0 Å². The second-order valence-corrected chi connectivity index (χ2v) is 3.85. The largest absolute Gasteiger partial charge is 0.379 e. The summed E-state index contributed by atoms with van der Waals surface area (Å²) in [4.78, 5) is 0. The van der Waals surface area contributed by atoms with Crippen molar-refractivity contribution in [2.24, 2.45) is 0 Å². The highest BCUT2D eigenvalue weighted by Gasteiger charge is 2.06. The van der Waals surface area contributed by atoms with Gasteiger partial charge in [-0.2, -0.15) is 0 Å². The van der Waals surface area contributed by atoms with E-state index in [4.69, 9.17) is 4.74 Å². The van der Waals surface area contributed by atoms with Gasteiger partial charge in [0.25, 0.3) is 0 Å². The van der Waals surface area contributed by atoms with Gasteiger partial charge in [0.1, 0.15) is 0 Å². The van der Waals surface area contributed by atoms with Crippen LogP contribution >= 0.6 is 0 Å². The van der Waals surface area contributed by atoms with Crippen molar-refractivity contribution in [1.29, 1.82) is 0 Å². The third-order valence-electron chi connectivity index (χ3n) is 2.06. The predicted octanol–water partition coefficient (Wildman–Crippen LogP) is 3.88. The molecule has 0 amide bonds. The molecule has 2 aliphatic carbocycles. The van der Waals surface area contributed by atoms with Gasteiger partial charge >= 0.3 is 0 Å². The Morgan fingerprint density at radius 1 is 1.21 bits per heavy atom. The van der Waals surface area contributed by atoms with Crippen LogP contribution in [-0.4, -0.2) is 12.7 Å². The maximum atomic E-state index is 5.28. The van der Waals surface area contributed by atoms with Crippen molar-refractivity contribution in [3.05, 3.63) is 24.3 Å². The minimum absolute atomic E-state index is 0.404. The standard InChI is InChI=1S/C7H16O.C6H4/c1-4-5-6-8-7(2)3;1-2-5-4-6(5)3-1/h7H,4-6H2,1-3H3;1-4H. The van der Waals surface area contributed by atoms with Crippen molar-refractivity contribution in [3.63, 3.8) is 0 Å². The molecule has 1 nitrogen and oxygen atoms in total. The summed E-state index contributed by atoms with van der Waals surface area (Å²) in [6, 6.07) is 8.48. The Hall–Kier alpha value is -0.820. The maximum Gasteiger partial charge on any atom is 0.0518 e. The van der Waals surface area contributed by atoms with Crippen molar-refractivity contribution in [1.82, 2.24) is 0 Å². The molecule has 14 heavy (non-hydrogen) atoms. The van der Waals surface area contributed by atoms with Gasteiger partial charge in [-0.05, 0) is 37.5 Å². The lowest BCUT2D eigenvalue weighted by atomic mass is 10.3. The first-order chi connectivity index (χ1) is 6.74. The van der Waals surface area contributed by atoms with E-state index >= 15 is 0 Å². The number of hydrogen-bond acceptors (Lipinski definition) is 1. The number of unbranched alkanes of at least 4 members (excludes halogenated alkanes) is 1. The molecule has 0 N–H and O–H groups in total. The first-order valence-electron chi connectivity index (χ1n) is 5.46. The lowest BCUT2D eigenvalue weighted by molar-refractivity contribution is 0.0767. The number of benzene rings is 1. The normalized spacial score (nSPS) is 10.9. The summed E-state index contributed by atoms with van der Waals surface area (Å²) >= 11 is 0. The number of fused-ring (bicyclic) bond motifs is 1. The highest BCUT2D eigenvalue weighted by atomic mass is 16.5. The second-order valence-electron chi connectivity index (χ2n) is 3.85. The van der Waals surface area contributed by atoms with Crippen LogP contribution in [0.5, 0.6) is 0 Å². The third kappa shape index (κ3) is 4.43. The maximum absolute atomic E-state index is 5.28. The molecule has 0 heterocycles. The lowest BCUT2D eigenvalue weighted by Crippen LogP contribution is -2.02. The van der Waals surface area contributed by atoms with E-state index in [0.29, 0.717) is 6.10 Å². The molecule has 0 unspecified atom stereocenters. The summed E-state index contributed by atoms with van der Waals surface area (Å²) in [5.41, 5.74) is 2.85. The summed E-state index contributed by atoms with van der Waals surface area (Å²) in [5, 5.41) is 0. The molecule has 2 aliphatic rings. The number of ether oxygens (including phenoxy) is 1. The first kappa shape index (κ1) is 11.3. The topological polar surface area (TPSA) is 9.23 Å². The summed E-state index contributed by atoms with van der Waals surface area (Å²) in [5.74, 6) is 0. The van der Waals surface area contributed by atoms with E-state index in [1.165, 1.54) is 24.0 Å². The van der Waals surface area contributed by atoms with E-state index in [1.807, 2.05) is 0 Å². The molecular formula is C13H20O. The van der Waals surface area contributed by atoms with E-state index in [0.717, 1.165) is 6.61 Å². The molecule has 1 heteroatoms. The van der Waals surface area contributed by atoms with Gasteiger partial charge in [0, 0.05) is 6.61 Å². The van der Waals surface area contributed by atoms with Gasteiger partial charge in [-0.1, -0.05) is 31.5 Å². The Kier molecular flexibility index (Phi) is 4.68. The first-order valence-corrected chi connectivity index (χ1v) is 5.46. The lowest BCUT2D eigenvalue weighted by Gasteiger charge is -2.04. The fourth-order valence-corrected chi connectivity index (χ4v) is 1.14. The van der Waals surface area contributed by atoms with Crippen molar-refractivity contribution < 1.29 is 4.74 Å². The molecule has 0 aromatic carbocycles. The molecule has 0 saturated heterocycles. The minimum atomic E-state index is 0.404. The van der Waals surface area contributed by atoms with Crippen molar-refractivity contribution in [2.75, 3.05) is 6.61 Å². The molecule has 0 fully saturated rings. The number of hydrogen-bond donors (Lipinski definition) is 0. The highest BCUT2D eigenvalue weighted by Crippen LogP contribution is 2.32. The van der Waals surface area contributed by atoms with Gasteiger partial charge in [-0.25, -0.2) is 0 Å². The van der Waals surface area contributed by atoms with E-state index in [-0.39, 0.29) is 0 Å². The zero-order valence-corrected chi connectivity index (χ0v) is 9.42. The van der Waals surface area contributed by atoms with Crippen LogP contribution in [0, 0.1) is 0 Å². The molecule has 0 atom stereocenters. The summed E-state index contributed by atoms with van der Waals surface area (Å²) in [7, 11) is 0. The summed E-state index contributed by atoms with van der Waals surface area (Å²) in [6.45, 7) is 7.23. The molecule has 0 radical (unpaired) electrons. The average Bonchev–Trinajstić information content (AvgIpc) is 2.75. The van der Waals surface area contributed by atoms with Crippen LogP contribution in [0.15, 0.2) is 24.3 Å². The van der Waals surface area contributed by atoms with Gasteiger partial charge in [-0.15, -0.1) is 0 Å². The Bertz CT molecular complexity index is 248. The van der Waals surface area contributed by atoms with E-state index in [1.54, 1.807) is 0 Å². The predicted molar refractivity (Wildman–Crippen MR) is 61.4 cm³/mol.